The highest BCUT2D eigenvalue weighted by atomic mass is 16.2. The molecular formula is C14H26N2O2. The number of hydrogen-bond donors (Lipinski definition) is 1. The third kappa shape index (κ3) is 4.67. The Morgan fingerprint density at radius 1 is 1.28 bits per heavy atom. The molecule has 4 nitrogen and oxygen atoms in total. The Balaban J connectivity index is 2.51. The van der Waals surface area contributed by atoms with Crippen molar-refractivity contribution in [2.45, 2.75) is 71.4 Å². The molecular weight excluding hydrogens is 228 g/mol. The van der Waals surface area contributed by atoms with Gasteiger partial charge < -0.3 is 10.2 Å². The summed E-state index contributed by atoms with van der Waals surface area (Å²) in [5, 5.41) is 2.92. The summed E-state index contributed by atoms with van der Waals surface area (Å²) in [6, 6.07) is 0.441. The topological polar surface area (TPSA) is 49.4 Å². The molecule has 1 saturated carbocycles. The van der Waals surface area contributed by atoms with Crippen molar-refractivity contribution in [3.63, 3.8) is 0 Å². The van der Waals surface area contributed by atoms with Crippen LogP contribution in [0.4, 0.5) is 0 Å². The summed E-state index contributed by atoms with van der Waals surface area (Å²) in [6.07, 6.45) is 6.58. The molecule has 4 heteroatoms. The summed E-state index contributed by atoms with van der Waals surface area (Å²) >= 11 is 0. The molecule has 1 aliphatic carbocycles. The Bertz CT molecular complexity index is 286. The summed E-state index contributed by atoms with van der Waals surface area (Å²) in [5.74, 6) is -0.0219. The Labute approximate surface area is 110 Å². The normalized spacial score (nSPS) is 18.2. The van der Waals surface area contributed by atoms with Crippen molar-refractivity contribution in [2.75, 3.05) is 6.54 Å². The van der Waals surface area contributed by atoms with Crippen LogP contribution in [0.2, 0.25) is 0 Å². The van der Waals surface area contributed by atoms with E-state index in [1.54, 1.807) is 11.8 Å². The number of amides is 2. The minimum Gasteiger partial charge on any atom is -0.352 e. The third-order valence-electron chi connectivity index (χ3n) is 3.75. The number of nitrogens with zero attached hydrogens (tertiary/aromatic N) is 1. The van der Waals surface area contributed by atoms with E-state index in [-0.39, 0.29) is 30.4 Å². The molecule has 0 spiro atoms. The van der Waals surface area contributed by atoms with Gasteiger partial charge in [-0.2, -0.15) is 0 Å². The van der Waals surface area contributed by atoms with Gasteiger partial charge in [0, 0.05) is 19.0 Å². The van der Waals surface area contributed by atoms with E-state index >= 15 is 0 Å². The van der Waals surface area contributed by atoms with Gasteiger partial charge in [-0.1, -0.05) is 26.2 Å². The third-order valence-corrected chi connectivity index (χ3v) is 3.75. The van der Waals surface area contributed by atoms with Crippen molar-refractivity contribution in [3.05, 3.63) is 0 Å². The molecule has 1 fully saturated rings. The van der Waals surface area contributed by atoms with Gasteiger partial charge in [-0.15, -0.1) is 0 Å². The van der Waals surface area contributed by atoms with Gasteiger partial charge in [0.2, 0.25) is 11.8 Å². The molecule has 0 aliphatic heterocycles. The lowest BCUT2D eigenvalue weighted by atomic mass is 9.94. The molecule has 2 amide bonds. The second-order valence-electron chi connectivity index (χ2n) is 5.32. The van der Waals surface area contributed by atoms with Gasteiger partial charge in [0.15, 0.2) is 0 Å². The Kier molecular flexibility index (Phi) is 6.16. The van der Waals surface area contributed by atoms with Gasteiger partial charge in [0.1, 0.15) is 0 Å². The van der Waals surface area contributed by atoms with E-state index in [0.29, 0.717) is 0 Å². The monoisotopic (exact) mass is 254 g/mol. The zero-order valence-electron chi connectivity index (χ0n) is 11.9. The molecule has 1 atom stereocenters. The average molecular weight is 254 g/mol. The Hall–Kier alpha value is -1.06. The van der Waals surface area contributed by atoms with E-state index in [0.717, 1.165) is 19.3 Å². The number of carbonyl (C=O) groups excluding carboxylic acids is 2. The SMILES string of the molecule is CCC(C)NC(=O)CN(C(C)=O)C1CCCCC1. The van der Waals surface area contributed by atoms with Crippen LogP contribution in [0.25, 0.3) is 0 Å². The minimum absolute atomic E-state index is 0.0150. The van der Waals surface area contributed by atoms with Crippen LogP contribution in [0.15, 0.2) is 0 Å². The predicted molar refractivity (Wildman–Crippen MR) is 72.2 cm³/mol. The molecule has 1 N–H and O–H groups in total. The van der Waals surface area contributed by atoms with Crippen molar-refractivity contribution < 1.29 is 9.59 Å². The maximum absolute atomic E-state index is 11.9. The van der Waals surface area contributed by atoms with Crippen molar-refractivity contribution in [2.24, 2.45) is 0 Å². The number of hydrogen-bond acceptors (Lipinski definition) is 2. The van der Waals surface area contributed by atoms with Crippen LogP contribution in [0, 0.1) is 0 Å². The van der Waals surface area contributed by atoms with E-state index in [1.165, 1.54) is 19.3 Å². The van der Waals surface area contributed by atoms with Gasteiger partial charge in [0.05, 0.1) is 6.54 Å². The fraction of sp³-hybridized carbons (Fsp3) is 0.857. The molecule has 0 aromatic carbocycles. The van der Waals surface area contributed by atoms with Crippen LogP contribution in [-0.4, -0.2) is 35.3 Å². The molecule has 1 unspecified atom stereocenters. The molecule has 18 heavy (non-hydrogen) atoms. The van der Waals surface area contributed by atoms with E-state index in [4.69, 9.17) is 0 Å². The summed E-state index contributed by atoms with van der Waals surface area (Å²) in [4.78, 5) is 25.3. The van der Waals surface area contributed by atoms with Gasteiger partial charge in [0.25, 0.3) is 0 Å². The van der Waals surface area contributed by atoms with Crippen LogP contribution < -0.4 is 5.32 Å². The Morgan fingerprint density at radius 3 is 2.39 bits per heavy atom. The first-order valence-corrected chi connectivity index (χ1v) is 7.11. The first kappa shape index (κ1) is 15.0. The first-order valence-electron chi connectivity index (χ1n) is 7.11. The molecule has 104 valence electrons. The van der Waals surface area contributed by atoms with Crippen LogP contribution in [-0.2, 0) is 9.59 Å². The second-order valence-corrected chi connectivity index (χ2v) is 5.32. The van der Waals surface area contributed by atoms with Gasteiger partial charge >= 0.3 is 0 Å². The largest absolute Gasteiger partial charge is 0.352 e. The minimum atomic E-state index is -0.0369. The second kappa shape index (κ2) is 7.39. The lowest BCUT2D eigenvalue weighted by molar-refractivity contribution is -0.137. The highest BCUT2D eigenvalue weighted by Gasteiger charge is 2.25. The van der Waals surface area contributed by atoms with Gasteiger partial charge in [-0.25, -0.2) is 0 Å². The summed E-state index contributed by atoms with van der Waals surface area (Å²) in [6.45, 7) is 5.79. The maximum Gasteiger partial charge on any atom is 0.239 e. The number of carbonyl (C=O) groups is 2. The fourth-order valence-electron chi connectivity index (χ4n) is 2.47. The average Bonchev–Trinajstić information content (AvgIpc) is 2.36. The van der Waals surface area contributed by atoms with E-state index in [9.17, 15) is 9.59 Å². The Morgan fingerprint density at radius 2 is 1.89 bits per heavy atom. The molecule has 0 bridgehead atoms. The predicted octanol–water partition coefficient (Wildman–Crippen LogP) is 2.08. The van der Waals surface area contributed by atoms with Crippen molar-refractivity contribution >= 4 is 11.8 Å². The van der Waals surface area contributed by atoms with Crippen LogP contribution in [0.1, 0.15) is 59.3 Å². The van der Waals surface area contributed by atoms with Crippen molar-refractivity contribution in [1.82, 2.24) is 10.2 Å². The van der Waals surface area contributed by atoms with Crippen LogP contribution in [0.3, 0.4) is 0 Å². The van der Waals surface area contributed by atoms with Gasteiger partial charge in [-0.3, -0.25) is 9.59 Å². The highest BCUT2D eigenvalue weighted by Crippen LogP contribution is 2.22. The first-order chi connectivity index (χ1) is 8.54. The summed E-state index contributed by atoms with van der Waals surface area (Å²) < 4.78 is 0. The molecule has 0 saturated heterocycles. The van der Waals surface area contributed by atoms with Crippen LogP contribution in [0.5, 0.6) is 0 Å². The highest BCUT2D eigenvalue weighted by molar-refractivity contribution is 5.84. The number of nitrogens with one attached hydrogen (secondary N) is 1. The zero-order valence-corrected chi connectivity index (χ0v) is 11.9. The van der Waals surface area contributed by atoms with Crippen molar-refractivity contribution in [3.8, 4) is 0 Å². The van der Waals surface area contributed by atoms with Gasteiger partial charge in [-0.05, 0) is 26.2 Å². The molecule has 0 aromatic rings. The molecule has 0 aromatic heterocycles. The smallest absolute Gasteiger partial charge is 0.239 e. The van der Waals surface area contributed by atoms with E-state index in [1.807, 2.05) is 13.8 Å². The fourth-order valence-corrected chi connectivity index (χ4v) is 2.47. The zero-order chi connectivity index (χ0) is 13.5. The molecule has 0 radical (unpaired) electrons. The van der Waals surface area contributed by atoms with E-state index in [2.05, 4.69) is 5.32 Å². The maximum atomic E-state index is 11.9. The lowest BCUT2D eigenvalue weighted by Gasteiger charge is -2.33. The quantitative estimate of drug-likeness (QED) is 0.816. The number of rotatable bonds is 5. The van der Waals surface area contributed by atoms with E-state index < -0.39 is 0 Å². The molecule has 1 aliphatic rings. The molecule has 0 heterocycles. The summed E-state index contributed by atoms with van der Waals surface area (Å²) in [5.41, 5.74) is 0. The lowest BCUT2D eigenvalue weighted by Crippen LogP contribution is -2.47. The standard InChI is InChI=1S/C14H26N2O2/c1-4-11(2)15-14(18)10-16(12(3)17)13-8-6-5-7-9-13/h11,13H,4-10H2,1-3H3,(H,15,18). The molecule has 1 rings (SSSR count). The van der Waals surface area contributed by atoms with Crippen LogP contribution >= 0.6 is 0 Å². The van der Waals surface area contributed by atoms with Crippen molar-refractivity contribution in [1.29, 1.82) is 0 Å². The summed E-state index contributed by atoms with van der Waals surface area (Å²) in [7, 11) is 0.